The third-order valence-corrected chi connectivity index (χ3v) is 4.29. The first-order chi connectivity index (χ1) is 11.7. The Morgan fingerprint density at radius 1 is 1.04 bits per heavy atom. The van der Waals surface area contributed by atoms with Gasteiger partial charge in [0.25, 0.3) is 0 Å². The Labute approximate surface area is 146 Å². The minimum Gasteiger partial charge on any atom is -0.493 e. The fourth-order valence-electron chi connectivity index (χ4n) is 2.23. The molecule has 0 unspecified atom stereocenters. The van der Waals surface area contributed by atoms with Gasteiger partial charge < -0.3 is 24.8 Å². The van der Waals surface area contributed by atoms with Crippen LogP contribution in [0.15, 0.2) is 34.6 Å². The van der Waals surface area contributed by atoms with Crippen LogP contribution < -0.4 is 24.8 Å². The predicted octanol–water partition coefficient (Wildman–Crippen LogP) is 2.64. The second kappa shape index (κ2) is 9.02. The number of benzene rings is 1. The molecule has 0 atom stereocenters. The highest BCUT2D eigenvalue weighted by atomic mass is 32.1. The molecule has 24 heavy (non-hydrogen) atoms. The van der Waals surface area contributed by atoms with Gasteiger partial charge >= 0.3 is 0 Å². The van der Waals surface area contributed by atoms with Crippen molar-refractivity contribution in [3.05, 3.63) is 40.1 Å². The molecule has 1 aromatic carbocycles. The van der Waals surface area contributed by atoms with Gasteiger partial charge in [0.05, 0.1) is 27.9 Å². The minimum absolute atomic E-state index is 0.584. The minimum atomic E-state index is 0.584. The monoisotopic (exact) mass is 349 g/mol. The van der Waals surface area contributed by atoms with Crippen molar-refractivity contribution in [2.45, 2.75) is 13.1 Å². The summed E-state index contributed by atoms with van der Waals surface area (Å²) in [6, 6.07) is 7.96. The van der Waals surface area contributed by atoms with E-state index in [1.54, 1.807) is 39.7 Å². The summed E-state index contributed by atoms with van der Waals surface area (Å²) >= 11 is 1.71. The predicted molar refractivity (Wildman–Crippen MR) is 97.5 cm³/mol. The molecule has 0 radical (unpaired) electrons. The van der Waals surface area contributed by atoms with Crippen LogP contribution in [0.25, 0.3) is 0 Å². The molecule has 130 valence electrons. The second-order valence-electron chi connectivity index (χ2n) is 4.89. The zero-order valence-corrected chi connectivity index (χ0v) is 15.2. The molecule has 0 spiro atoms. The lowest BCUT2D eigenvalue weighted by molar-refractivity contribution is 0.323. The van der Waals surface area contributed by atoms with E-state index in [9.17, 15) is 0 Å². The highest BCUT2D eigenvalue weighted by Gasteiger charge is 2.13. The summed E-state index contributed by atoms with van der Waals surface area (Å²) in [5.74, 6) is 2.59. The van der Waals surface area contributed by atoms with Crippen molar-refractivity contribution >= 4 is 17.3 Å². The fourth-order valence-corrected chi connectivity index (χ4v) is 2.87. The number of ether oxygens (including phenoxy) is 3. The zero-order chi connectivity index (χ0) is 17.4. The van der Waals surface area contributed by atoms with E-state index >= 15 is 0 Å². The fraction of sp³-hybridized carbons (Fsp3) is 0.353. The van der Waals surface area contributed by atoms with E-state index in [2.05, 4.69) is 27.1 Å². The van der Waals surface area contributed by atoms with Gasteiger partial charge in [-0.1, -0.05) is 6.07 Å². The molecular formula is C17H23N3O3S. The quantitative estimate of drug-likeness (QED) is 0.594. The molecule has 0 bridgehead atoms. The lowest BCUT2D eigenvalue weighted by Crippen LogP contribution is -2.36. The van der Waals surface area contributed by atoms with Gasteiger partial charge in [-0.15, -0.1) is 11.3 Å². The number of thiophene rings is 1. The molecular weight excluding hydrogens is 326 g/mol. The molecule has 0 amide bonds. The van der Waals surface area contributed by atoms with E-state index < -0.39 is 0 Å². The summed E-state index contributed by atoms with van der Waals surface area (Å²) in [5, 5.41) is 8.62. The molecule has 1 heterocycles. The van der Waals surface area contributed by atoms with Crippen LogP contribution in [-0.4, -0.2) is 34.3 Å². The molecule has 2 N–H and O–H groups in total. The molecule has 6 nitrogen and oxygen atoms in total. The number of guanidine groups is 1. The van der Waals surface area contributed by atoms with E-state index in [0.717, 1.165) is 18.1 Å². The molecule has 2 aromatic rings. The Morgan fingerprint density at radius 2 is 1.71 bits per heavy atom. The smallest absolute Gasteiger partial charge is 0.203 e. The average molecular weight is 349 g/mol. The largest absolute Gasteiger partial charge is 0.493 e. The number of methoxy groups -OCH3 is 3. The van der Waals surface area contributed by atoms with Crippen LogP contribution >= 0.6 is 11.3 Å². The van der Waals surface area contributed by atoms with E-state index in [-0.39, 0.29) is 0 Å². The maximum Gasteiger partial charge on any atom is 0.203 e. The molecule has 0 saturated carbocycles. The third-order valence-electron chi connectivity index (χ3n) is 3.42. The summed E-state index contributed by atoms with van der Waals surface area (Å²) in [5.41, 5.74) is 1.00. The van der Waals surface area contributed by atoms with Gasteiger partial charge in [0.15, 0.2) is 17.5 Å². The van der Waals surface area contributed by atoms with Crippen LogP contribution in [0.3, 0.4) is 0 Å². The number of aliphatic imine (C=N–C) groups is 1. The maximum absolute atomic E-state index is 5.37. The van der Waals surface area contributed by atoms with Crippen molar-refractivity contribution in [1.82, 2.24) is 10.6 Å². The Morgan fingerprint density at radius 3 is 2.21 bits per heavy atom. The molecule has 1 aromatic heterocycles. The second-order valence-corrected chi connectivity index (χ2v) is 5.92. The van der Waals surface area contributed by atoms with Crippen molar-refractivity contribution in [2.24, 2.45) is 4.99 Å². The standard InChI is InChI=1S/C17H23N3O3S/c1-18-17(20-11-13-6-5-7-24-13)19-10-12-8-14(21-2)16(23-4)15(9-12)22-3/h5-9H,10-11H2,1-4H3,(H2,18,19,20). The van der Waals surface area contributed by atoms with Crippen LogP contribution in [0.1, 0.15) is 10.4 Å². The molecule has 0 saturated heterocycles. The van der Waals surface area contributed by atoms with Crippen molar-refractivity contribution in [1.29, 1.82) is 0 Å². The SMILES string of the molecule is CN=C(NCc1cc(OC)c(OC)c(OC)c1)NCc1cccs1. The summed E-state index contributed by atoms with van der Waals surface area (Å²) in [7, 11) is 6.56. The van der Waals surface area contributed by atoms with E-state index in [4.69, 9.17) is 14.2 Å². The Kier molecular flexibility index (Phi) is 6.74. The Balaban J connectivity index is 2.01. The van der Waals surface area contributed by atoms with Crippen LogP contribution in [0.4, 0.5) is 0 Å². The average Bonchev–Trinajstić information content (AvgIpc) is 3.14. The van der Waals surface area contributed by atoms with Crippen LogP contribution in [0.2, 0.25) is 0 Å². The molecule has 0 fully saturated rings. The van der Waals surface area contributed by atoms with Crippen molar-refractivity contribution in [3.63, 3.8) is 0 Å². The van der Waals surface area contributed by atoms with E-state index in [1.165, 1.54) is 4.88 Å². The molecule has 0 aliphatic carbocycles. The Bertz CT molecular complexity index is 647. The first-order valence-electron chi connectivity index (χ1n) is 7.47. The van der Waals surface area contributed by atoms with Gasteiger partial charge in [0.2, 0.25) is 5.75 Å². The number of nitrogens with one attached hydrogen (secondary N) is 2. The van der Waals surface area contributed by atoms with Crippen LogP contribution in [0.5, 0.6) is 17.2 Å². The van der Waals surface area contributed by atoms with Crippen molar-refractivity contribution in [2.75, 3.05) is 28.4 Å². The lowest BCUT2D eigenvalue weighted by atomic mass is 10.2. The van der Waals surface area contributed by atoms with Crippen molar-refractivity contribution in [3.8, 4) is 17.2 Å². The molecule has 2 rings (SSSR count). The van der Waals surface area contributed by atoms with Gasteiger partial charge in [-0.3, -0.25) is 4.99 Å². The van der Waals surface area contributed by atoms with Gasteiger partial charge in [-0.05, 0) is 29.1 Å². The highest BCUT2D eigenvalue weighted by molar-refractivity contribution is 7.09. The van der Waals surface area contributed by atoms with Gasteiger partial charge in [-0.2, -0.15) is 0 Å². The van der Waals surface area contributed by atoms with Gasteiger partial charge in [0.1, 0.15) is 0 Å². The number of rotatable bonds is 7. The first kappa shape index (κ1) is 17.9. The molecule has 0 aliphatic heterocycles. The highest BCUT2D eigenvalue weighted by Crippen LogP contribution is 2.38. The summed E-state index contributed by atoms with van der Waals surface area (Å²) in [6.07, 6.45) is 0. The maximum atomic E-state index is 5.37. The number of hydrogen-bond donors (Lipinski definition) is 2. The van der Waals surface area contributed by atoms with Gasteiger partial charge in [0, 0.05) is 18.5 Å². The lowest BCUT2D eigenvalue weighted by Gasteiger charge is -2.15. The topological polar surface area (TPSA) is 64.1 Å². The Hall–Kier alpha value is -2.41. The normalized spacial score (nSPS) is 11.1. The number of hydrogen-bond acceptors (Lipinski definition) is 5. The molecule has 0 aliphatic rings. The zero-order valence-electron chi connectivity index (χ0n) is 14.4. The summed E-state index contributed by atoms with van der Waals surface area (Å²) in [4.78, 5) is 5.49. The van der Waals surface area contributed by atoms with Gasteiger partial charge in [-0.25, -0.2) is 0 Å². The molecule has 7 heteroatoms. The third kappa shape index (κ3) is 4.55. The van der Waals surface area contributed by atoms with E-state index in [1.807, 2.05) is 18.2 Å². The summed E-state index contributed by atoms with van der Waals surface area (Å²) in [6.45, 7) is 1.33. The summed E-state index contributed by atoms with van der Waals surface area (Å²) < 4.78 is 16.1. The number of nitrogens with zero attached hydrogens (tertiary/aromatic N) is 1. The van der Waals surface area contributed by atoms with Crippen molar-refractivity contribution < 1.29 is 14.2 Å². The first-order valence-corrected chi connectivity index (χ1v) is 8.35. The van der Waals surface area contributed by atoms with Crippen LogP contribution in [0, 0.1) is 0 Å². The van der Waals surface area contributed by atoms with Crippen LogP contribution in [-0.2, 0) is 13.1 Å². The van der Waals surface area contributed by atoms with E-state index in [0.29, 0.717) is 23.8 Å².